The molecule has 2 aromatic heterocycles. The molecule has 7 nitrogen and oxygen atoms in total. The van der Waals surface area contributed by atoms with E-state index in [9.17, 15) is 4.79 Å². The highest BCUT2D eigenvalue weighted by atomic mass is 16.2. The first-order valence-corrected chi connectivity index (χ1v) is 8.37. The second-order valence-corrected chi connectivity index (χ2v) is 6.33. The Hall–Kier alpha value is -2.88. The highest BCUT2D eigenvalue weighted by Crippen LogP contribution is 2.17. The zero-order valence-electron chi connectivity index (χ0n) is 14.9. The molecule has 0 aromatic carbocycles. The minimum Gasteiger partial charge on any atom is -0.353 e. The molecule has 0 spiro atoms. The molecule has 7 heteroatoms. The summed E-state index contributed by atoms with van der Waals surface area (Å²) < 4.78 is 1.82. The highest BCUT2D eigenvalue weighted by molar-refractivity contribution is 5.79. The van der Waals surface area contributed by atoms with Crippen LogP contribution in [0, 0.1) is 25.2 Å². The van der Waals surface area contributed by atoms with E-state index in [1.807, 2.05) is 30.5 Å². The summed E-state index contributed by atoms with van der Waals surface area (Å²) in [6, 6.07) is 5.62. The van der Waals surface area contributed by atoms with Gasteiger partial charge in [-0.15, -0.1) is 0 Å². The van der Waals surface area contributed by atoms with Crippen LogP contribution in [0.4, 0.5) is 5.82 Å². The molecule has 1 saturated heterocycles. The molecule has 0 aliphatic carbocycles. The number of amides is 1. The number of piperazine rings is 1. The normalized spacial score (nSPS) is 14.5. The van der Waals surface area contributed by atoms with Gasteiger partial charge in [-0.25, -0.2) is 4.98 Å². The van der Waals surface area contributed by atoms with Gasteiger partial charge in [0.15, 0.2) is 0 Å². The summed E-state index contributed by atoms with van der Waals surface area (Å²) in [4.78, 5) is 21.0. The van der Waals surface area contributed by atoms with Crippen molar-refractivity contribution in [1.82, 2.24) is 19.7 Å². The van der Waals surface area contributed by atoms with Gasteiger partial charge in [0, 0.05) is 50.7 Å². The van der Waals surface area contributed by atoms with E-state index in [-0.39, 0.29) is 5.91 Å². The van der Waals surface area contributed by atoms with Crippen molar-refractivity contribution in [2.75, 3.05) is 31.1 Å². The van der Waals surface area contributed by atoms with Crippen LogP contribution in [0.1, 0.15) is 22.5 Å². The molecule has 3 heterocycles. The van der Waals surface area contributed by atoms with Crippen LogP contribution in [0.2, 0.25) is 0 Å². The largest absolute Gasteiger partial charge is 0.353 e. The van der Waals surface area contributed by atoms with Gasteiger partial charge in [0.25, 0.3) is 0 Å². The van der Waals surface area contributed by atoms with Crippen LogP contribution in [-0.4, -0.2) is 51.8 Å². The van der Waals surface area contributed by atoms with E-state index >= 15 is 0 Å². The number of anilines is 1. The number of carbonyl (C=O) groups is 1. The summed E-state index contributed by atoms with van der Waals surface area (Å²) in [5.41, 5.74) is 3.59. The summed E-state index contributed by atoms with van der Waals surface area (Å²) in [5.74, 6) is 0.933. The van der Waals surface area contributed by atoms with E-state index in [4.69, 9.17) is 5.26 Å². The maximum absolute atomic E-state index is 12.6. The molecular formula is C18H22N6O. The Morgan fingerprint density at radius 2 is 2.00 bits per heavy atom. The molecule has 3 rings (SSSR count). The average molecular weight is 338 g/mol. The molecule has 0 atom stereocenters. The highest BCUT2D eigenvalue weighted by Gasteiger charge is 2.23. The maximum Gasteiger partial charge on any atom is 0.227 e. The van der Waals surface area contributed by atoms with Crippen molar-refractivity contribution < 1.29 is 4.79 Å². The number of nitriles is 1. The van der Waals surface area contributed by atoms with Gasteiger partial charge in [0.2, 0.25) is 5.91 Å². The maximum atomic E-state index is 12.6. The van der Waals surface area contributed by atoms with Crippen LogP contribution >= 0.6 is 0 Å². The Morgan fingerprint density at radius 3 is 2.60 bits per heavy atom. The van der Waals surface area contributed by atoms with Crippen LogP contribution in [0.5, 0.6) is 0 Å². The topological polar surface area (TPSA) is 78.0 Å². The standard InChI is InChI=1S/C18H22N6O/c1-13-16(14(2)22(3)21-13)11-18(25)24-8-6-23(7-9-24)17-10-15(12-19)4-5-20-17/h4-5,10H,6-9,11H2,1-3H3. The van der Waals surface area contributed by atoms with Gasteiger partial charge in [-0.05, 0) is 26.0 Å². The Morgan fingerprint density at radius 1 is 1.28 bits per heavy atom. The third-order valence-corrected chi connectivity index (χ3v) is 4.82. The Kier molecular flexibility index (Phi) is 4.70. The van der Waals surface area contributed by atoms with Gasteiger partial charge in [-0.3, -0.25) is 9.48 Å². The van der Waals surface area contributed by atoms with Crippen LogP contribution < -0.4 is 4.90 Å². The summed E-state index contributed by atoms with van der Waals surface area (Å²) in [7, 11) is 1.90. The molecule has 2 aromatic rings. The smallest absolute Gasteiger partial charge is 0.227 e. The first kappa shape index (κ1) is 17.0. The Balaban J connectivity index is 1.62. The van der Waals surface area contributed by atoms with E-state index in [1.165, 1.54) is 0 Å². The number of hydrogen-bond donors (Lipinski definition) is 0. The molecule has 1 amide bonds. The van der Waals surface area contributed by atoms with Crippen molar-refractivity contribution in [2.24, 2.45) is 7.05 Å². The van der Waals surface area contributed by atoms with Crippen molar-refractivity contribution in [3.63, 3.8) is 0 Å². The van der Waals surface area contributed by atoms with E-state index in [0.717, 1.165) is 35.9 Å². The van der Waals surface area contributed by atoms with Gasteiger partial charge < -0.3 is 9.80 Å². The predicted molar refractivity (Wildman–Crippen MR) is 94.1 cm³/mol. The summed E-state index contributed by atoms with van der Waals surface area (Å²) >= 11 is 0. The third-order valence-electron chi connectivity index (χ3n) is 4.82. The lowest BCUT2D eigenvalue weighted by atomic mass is 10.1. The van der Waals surface area contributed by atoms with E-state index in [2.05, 4.69) is 21.1 Å². The molecule has 0 radical (unpaired) electrons. The molecule has 0 unspecified atom stereocenters. The molecule has 1 aliphatic rings. The summed E-state index contributed by atoms with van der Waals surface area (Å²) in [5, 5.41) is 13.4. The van der Waals surface area contributed by atoms with Crippen molar-refractivity contribution >= 4 is 11.7 Å². The average Bonchev–Trinajstić information content (AvgIpc) is 2.88. The predicted octanol–water partition coefficient (Wildman–Crippen LogP) is 1.19. The molecule has 0 saturated carbocycles. The lowest BCUT2D eigenvalue weighted by molar-refractivity contribution is -0.130. The lowest BCUT2D eigenvalue weighted by Crippen LogP contribution is -2.49. The SMILES string of the molecule is Cc1nn(C)c(C)c1CC(=O)N1CCN(c2cc(C#N)ccn2)CC1. The zero-order valence-corrected chi connectivity index (χ0v) is 14.9. The van der Waals surface area contributed by atoms with Gasteiger partial charge in [0.1, 0.15) is 5.82 Å². The van der Waals surface area contributed by atoms with Gasteiger partial charge >= 0.3 is 0 Å². The minimum atomic E-state index is 0.137. The fourth-order valence-electron chi connectivity index (χ4n) is 3.18. The molecule has 130 valence electrons. The fourth-order valence-corrected chi connectivity index (χ4v) is 3.18. The first-order valence-electron chi connectivity index (χ1n) is 8.37. The van der Waals surface area contributed by atoms with E-state index in [0.29, 0.717) is 25.1 Å². The second kappa shape index (κ2) is 6.93. The molecule has 25 heavy (non-hydrogen) atoms. The first-order chi connectivity index (χ1) is 12.0. The third kappa shape index (κ3) is 3.48. The molecule has 0 N–H and O–H groups in total. The number of nitrogens with zero attached hydrogens (tertiary/aromatic N) is 6. The number of aromatic nitrogens is 3. The molecule has 1 aliphatic heterocycles. The van der Waals surface area contributed by atoms with Crippen LogP contribution in [0.15, 0.2) is 18.3 Å². The molecule has 1 fully saturated rings. The van der Waals surface area contributed by atoms with Crippen molar-refractivity contribution in [1.29, 1.82) is 5.26 Å². The van der Waals surface area contributed by atoms with Gasteiger partial charge in [0.05, 0.1) is 23.7 Å². The Bertz CT molecular complexity index is 827. The van der Waals surface area contributed by atoms with E-state index < -0.39 is 0 Å². The van der Waals surface area contributed by atoms with Crippen LogP contribution in [0.25, 0.3) is 0 Å². The number of carbonyl (C=O) groups excluding carboxylic acids is 1. The fraction of sp³-hybridized carbons (Fsp3) is 0.444. The minimum absolute atomic E-state index is 0.137. The number of aryl methyl sites for hydroxylation is 2. The second-order valence-electron chi connectivity index (χ2n) is 6.33. The monoisotopic (exact) mass is 338 g/mol. The summed E-state index contributed by atoms with van der Waals surface area (Å²) in [6.45, 7) is 6.71. The lowest BCUT2D eigenvalue weighted by Gasteiger charge is -2.35. The van der Waals surface area contributed by atoms with Crippen molar-refractivity contribution in [3.8, 4) is 6.07 Å². The Labute approximate surface area is 147 Å². The van der Waals surface area contributed by atoms with Crippen molar-refractivity contribution in [3.05, 3.63) is 40.8 Å². The molecule has 0 bridgehead atoms. The van der Waals surface area contributed by atoms with Gasteiger partial charge in [-0.1, -0.05) is 0 Å². The van der Waals surface area contributed by atoms with Crippen LogP contribution in [0.3, 0.4) is 0 Å². The number of hydrogen-bond acceptors (Lipinski definition) is 5. The number of rotatable bonds is 3. The zero-order chi connectivity index (χ0) is 18.0. The number of pyridine rings is 1. The molecular weight excluding hydrogens is 316 g/mol. The van der Waals surface area contributed by atoms with Gasteiger partial charge in [-0.2, -0.15) is 10.4 Å². The van der Waals surface area contributed by atoms with E-state index in [1.54, 1.807) is 18.3 Å². The van der Waals surface area contributed by atoms with Crippen LogP contribution in [-0.2, 0) is 18.3 Å². The quantitative estimate of drug-likeness (QED) is 0.840. The van der Waals surface area contributed by atoms with Crippen molar-refractivity contribution in [2.45, 2.75) is 20.3 Å². The summed E-state index contributed by atoms with van der Waals surface area (Å²) in [6.07, 6.45) is 2.05.